The van der Waals surface area contributed by atoms with Gasteiger partial charge in [-0.25, -0.2) is 9.37 Å². The molecule has 0 unspecified atom stereocenters. The number of hydrogen-bond acceptors (Lipinski definition) is 4. The van der Waals surface area contributed by atoms with Gasteiger partial charge in [-0.15, -0.1) is 0 Å². The fourth-order valence-corrected chi connectivity index (χ4v) is 3.84. The SMILES string of the molecule is C=C(CC(C)(C)C)N1CCN(c2cccc(CCc3ccc(C#N)cc3F)n2)CC1. The van der Waals surface area contributed by atoms with Crippen LogP contribution in [0.2, 0.25) is 0 Å². The van der Waals surface area contributed by atoms with Gasteiger partial charge in [0, 0.05) is 37.6 Å². The maximum atomic E-state index is 14.1. The number of benzene rings is 1. The first kappa shape index (κ1) is 21.8. The lowest BCUT2D eigenvalue weighted by molar-refractivity contribution is 0.276. The van der Waals surface area contributed by atoms with Gasteiger partial charge in [0.15, 0.2) is 0 Å². The van der Waals surface area contributed by atoms with Gasteiger partial charge in [-0.3, -0.25) is 0 Å². The Kier molecular flexibility index (Phi) is 6.77. The molecule has 0 atom stereocenters. The van der Waals surface area contributed by atoms with Crippen molar-refractivity contribution in [2.45, 2.75) is 40.0 Å². The number of nitrogens with zero attached hydrogens (tertiary/aromatic N) is 4. The lowest BCUT2D eigenvalue weighted by Crippen LogP contribution is -2.46. The Balaban J connectivity index is 1.57. The molecule has 0 radical (unpaired) electrons. The van der Waals surface area contributed by atoms with E-state index in [0.29, 0.717) is 24.0 Å². The highest BCUT2D eigenvalue weighted by Gasteiger charge is 2.22. The molecular weight excluding hydrogens is 375 g/mol. The second kappa shape index (κ2) is 9.30. The van der Waals surface area contributed by atoms with E-state index in [1.165, 1.54) is 11.8 Å². The summed E-state index contributed by atoms with van der Waals surface area (Å²) in [5.41, 5.74) is 3.38. The average molecular weight is 407 g/mol. The highest BCUT2D eigenvalue weighted by molar-refractivity contribution is 5.40. The third-order valence-electron chi connectivity index (χ3n) is 5.41. The van der Waals surface area contributed by atoms with Gasteiger partial charge in [-0.05, 0) is 54.5 Å². The highest BCUT2D eigenvalue weighted by atomic mass is 19.1. The Labute approximate surface area is 179 Å². The molecule has 30 heavy (non-hydrogen) atoms. The molecule has 0 saturated carbocycles. The Bertz CT molecular complexity index is 931. The minimum atomic E-state index is -0.322. The molecule has 5 heteroatoms. The van der Waals surface area contributed by atoms with Gasteiger partial charge in [-0.1, -0.05) is 39.5 Å². The molecule has 2 aromatic rings. The molecule has 0 amide bonds. The van der Waals surface area contributed by atoms with Crippen LogP contribution in [-0.4, -0.2) is 36.1 Å². The molecule has 1 saturated heterocycles. The summed E-state index contributed by atoms with van der Waals surface area (Å²) in [7, 11) is 0. The molecule has 1 aromatic heterocycles. The van der Waals surface area contributed by atoms with E-state index in [9.17, 15) is 4.39 Å². The minimum absolute atomic E-state index is 0.249. The molecule has 158 valence electrons. The van der Waals surface area contributed by atoms with Crippen molar-refractivity contribution >= 4 is 5.82 Å². The van der Waals surface area contributed by atoms with Gasteiger partial charge < -0.3 is 9.80 Å². The van der Waals surface area contributed by atoms with Crippen LogP contribution in [0.4, 0.5) is 10.2 Å². The molecule has 0 N–H and O–H groups in total. The number of aryl methyl sites for hydroxylation is 2. The standard InChI is InChI=1S/C25H31FN4/c1-19(17-25(2,3)4)29-12-14-30(15-13-29)24-7-5-6-22(28-24)11-10-21-9-8-20(18-27)16-23(21)26/h5-9,16H,1,10-15,17H2,2-4H3. The molecule has 1 aliphatic rings. The number of halogens is 1. The summed E-state index contributed by atoms with van der Waals surface area (Å²) in [6, 6.07) is 12.7. The van der Waals surface area contributed by atoms with Crippen LogP contribution in [0.5, 0.6) is 0 Å². The van der Waals surface area contributed by atoms with Crippen molar-refractivity contribution in [3.05, 3.63) is 71.3 Å². The Morgan fingerprint density at radius 2 is 1.87 bits per heavy atom. The Morgan fingerprint density at radius 3 is 2.50 bits per heavy atom. The second-order valence-electron chi connectivity index (χ2n) is 9.18. The van der Waals surface area contributed by atoms with Crippen molar-refractivity contribution in [3.63, 3.8) is 0 Å². The van der Waals surface area contributed by atoms with Crippen LogP contribution in [-0.2, 0) is 12.8 Å². The van der Waals surface area contributed by atoms with Crippen LogP contribution in [0.3, 0.4) is 0 Å². The van der Waals surface area contributed by atoms with E-state index in [-0.39, 0.29) is 11.2 Å². The number of nitriles is 1. The zero-order chi connectivity index (χ0) is 21.7. The van der Waals surface area contributed by atoms with E-state index in [1.807, 2.05) is 24.3 Å². The van der Waals surface area contributed by atoms with E-state index < -0.39 is 0 Å². The number of allylic oxidation sites excluding steroid dienone is 1. The number of pyridine rings is 1. The summed E-state index contributed by atoms with van der Waals surface area (Å²) in [4.78, 5) is 9.51. The largest absolute Gasteiger partial charge is 0.372 e. The van der Waals surface area contributed by atoms with Gasteiger partial charge in [0.05, 0.1) is 11.6 Å². The van der Waals surface area contributed by atoms with Gasteiger partial charge in [0.2, 0.25) is 0 Å². The average Bonchev–Trinajstić information content (AvgIpc) is 2.72. The first-order valence-electron chi connectivity index (χ1n) is 10.6. The monoisotopic (exact) mass is 406 g/mol. The third-order valence-corrected chi connectivity index (χ3v) is 5.41. The zero-order valence-corrected chi connectivity index (χ0v) is 18.3. The number of hydrogen-bond donors (Lipinski definition) is 0. The van der Waals surface area contributed by atoms with Crippen LogP contribution < -0.4 is 4.90 Å². The van der Waals surface area contributed by atoms with Crippen molar-refractivity contribution in [1.29, 1.82) is 5.26 Å². The van der Waals surface area contributed by atoms with Crippen molar-refractivity contribution in [1.82, 2.24) is 9.88 Å². The molecule has 2 heterocycles. The summed E-state index contributed by atoms with van der Waals surface area (Å²) in [5.74, 6) is 0.658. The summed E-state index contributed by atoms with van der Waals surface area (Å²) in [6.45, 7) is 14.8. The van der Waals surface area contributed by atoms with Crippen molar-refractivity contribution < 1.29 is 4.39 Å². The van der Waals surface area contributed by atoms with E-state index in [1.54, 1.807) is 12.1 Å². The van der Waals surface area contributed by atoms with Crippen molar-refractivity contribution in [2.24, 2.45) is 5.41 Å². The number of aromatic nitrogens is 1. The topological polar surface area (TPSA) is 43.2 Å². The van der Waals surface area contributed by atoms with E-state index in [2.05, 4.69) is 37.1 Å². The van der Waals surface area contributed by atoms with E-state index in [4.69, 9.17) is 10.2 Å². The van der Waals surface area contributed by atoms with Crippen molar-refractivity contribution in [2.75, 3.05) is 31.1 Å². The third kappa shape index (κ3) is 5.82. The van der Waals surface area contributed by atoms with Gasteiger partial charge in [0.1, 0.15) is 11.6 Å². The molecule has 4 nitrogen and oxygen atoms in total. The first-order chi connectivity index (χ1) is 14.2. The van der Waals surface area contributed by atoms with Crippen LogP contribution in [0.1, 0.15) is 44.0 Å². The van der Waals surface area contributed by atoms with Crippen LogP contribution in [0.15, 0.2) is 48.7 Å². The molecule has 1 aliphatic heterocycles. The lowest BCUT2D eigenvalue weighted by atomic mass is 9.90. The van der Waals surface area contributed by atoms with Crippen LogP contribution in [0, 0.1) is 22.6 Å². The summed E-state index contributed by atoms with van der Waals surface area (Å²) in [5, 5.41) is 8.87. The Morgan fingerprint density at radius 1 is 1.13 bits per heavy atom. The summed E-state index contributed by atoms with van der Waals surface area (Å²) < 4.78 is 14.1. The lowest BCUT2D eigenvalue weighted by Gasteiger charge is -2.39. The quantitative estimate of drug-likeness (QED) is 0.681. The summed E-state index contributed by atoms with van der Waals surface area (Å²) >= 11 is 0. The number of rotatable bonds is 6. The van der Waals surface area contributed by atoms with Gasteiger partial charge in [0.25, 0.3) is 0 Å². The molecular formula is C25H31FN4. The minimum Gasteiger partial charge on any atom is -0.372 e. The van der Waals surface area contributed by atoms with Gasteiger partial charge in [-0.2, -0.15) is 5.26 Å². The predicted octanol–water partition coefficient (Wildman–Crippen LogP) is 4.95. The molecule has 3 rings (SSSR count). The predicted molar refractivity (Wildman–Crippen MR) is 120 cm³/mol. The maximum absolute atomic E-state index is 14.1. The Hall–Kier alpha value is -2.87. The zero-order valence-electron chi connectivity index (χ0n) is 18.3. The van der Waals surface area contributed by atoms with E-state index >= 15 is 0 Å². The van der Waals surface area contributed by atoms with Crippen molar-refractivity contribution in [3.8, 4) is 6.07 Å². The first-order valence-corrected chi connectivity index (χ1v) is 10.6. The number of piperazine rings is 1. The highest BCUT2D eigenvalue weighted by Crippen LogP contribution is 2.26. The van der Waals surface area contributed by atoms with Crippen LogP contribution >= 0.6 is 0 Å². The molecule has 0 bridgehead atoms. The van der Waals surface area contributed by atoms with E-state index in [0.717, 1.165) is 44.1 Å². The van der Waals surface area contributed by atoms with Gasteiger partial charge >= 0.3 is 0 Å². The molecule has 1 fully saturated rings. The van der Waals surface area contributed by atoms with Crippen LogP contribution in [0.25, 0.3) is 0 Å². The smallest absolute Gasteiger partial charge is 0.128 e. The molecule has 1 aromatic carbocycles. The summed E-state index contributed by atoms with van der Waals surface area (Å²) in [6.07, 6.45) is 2.24. The molecule has 0 spiro atoms. The molecule has 0 aliphatic carbocycles. The number of anilines is 1. The normalized spacial score (nSPS) is 14.5. The fraction of sp³-hybridized carbons (Fsp3) is 0.440. The second-order valence-corrected chi connectivity index (χ2v) is 9.18. The fourth-order valence-electron chi connectivity index (χ4n) is 3.84. The maximum Gasteiger partial charge on any atom is 0.128 e.